The molecule has 0 fully saturated rings. The smallest absolute Gasteiger partial charge is 0.0321 e. The Hall–Kier alpha value is -0.495. The Bertz CT molecular complexity index is 540. The fourth-order valence-electron chi connectivity index (χ4n) is 2.29. The van der Waals surface area contributed by atoms with Crippen molar-refractivity contribution in [3.63, 3.8) is 0 Å². The summed E-state index contributed by atoms with van der Waals surface area (Å²) in [5, 5.41) is 0. The normalized spacial score (nSPS) is 13.8. The van der Waals surface area contributed by atoms with Crippen molar-refractivity contribution in [2.45, 2.75) is 6.92 Å². The Balaban J connectivity index is 0.00000108. The third kappa shape index (κ3) is 2.38. The van der Waals surface area contributed by atoms with Crippen LogP contribution in [0.2, 0.25) is 0 Å². The molecule has 3 rings (SSSR count). The maximum absolute atomic E-state index is 2.28. The zero-order valence-electron chi connectivity index (χ0n) is 9.63. The number of fused-ring (bicyclic) bond motifs is 1. The van der Waals surface area contributed by atoms with Crippen LogP contribution in [0.4, 0.5) is 0 Å². The van der Waals surface area contributed by atoms with E-state index >= 15 is 0 Å². The SMILES string of the molecule is C[C]1C(c2ccccc2)=Cc2ccccc21.[Gd]. The van der Waals surface area contributed by atoms with Crippen molar-refractivity contribution in [3.05, 3.63) is 77.2 Å². The van der Waals surface area contributed by atoms with E-state index in [9.17, 15) is 0 Å². The Labute approximate surface area is 134 Å². The number of allylic oxidation sites excluding steroid dienone is 1. The number of benzene rings is 2. The molecule has 0 bridgehead atoms. The fraction of sp³-hybridized carbons (Fsp3) is 0.0625. The molecule has 2 aromatic rings. The number of rotatable bonds is 1. The first-order valence-corrected chi connectivity index (χ1v) is 5.57. The van der Waals surface area contributed by atoms with Crippen molar-refractivity contribution >= 4 is 11.6 Å². The summed E-state index contributed by atoms with van der Waals surface area (Å²) in [5.74, 6) is 1.38. The molecule has 1 heteroatoms. The molecule has 1 aliphatic carbocycles. The van der Waals surface area contributed by atoms with E-state index in [4.69, 9.17) is 0 Å². The van der Waals surface area contributed by atoms with Crippen LogP contribution in [0.3, 0.4) is 0 Å². The van der Waals surface area contributed by atoms with Crippen LogP contribution in [0, 0.1) is 45.9 Å². The van der Waals surface area contributed by atoms with E-state index in [1.54, 1.807) is 0 Å². The first kappa shape index (κ1) is 12.9. The first-order valence-electron chi connectivity index (χ1n) is 5.57. The van der Waals surface area contributed by atoms with Gasteiger partial charge in [0.05, 0.1) is 0 Å². The van der Waals surface area contributed by atoms with Gasteiger partial charge in [0.15, 0.2) is 0 Å². The van der Waals surface area contributed by atoms with Crippen molar-refractivity contribution in [2.75, 3.05) is 0 Å². The minimum absolute atomic E-state index is 0. The molecule has 0 saturated heterocycles. The molecule has 0 aromatic heterocycles. The topological polar surface area (TPSA) is 0 Å². The molecule has 0 atom stereocenters. The van der Waals surface area contributed by atoms with E-state index in [2.05, 4.69) is 67.6 Å². The van der Waals surface area contributed by atoms with Crippen LogP contribution in [0.5, 0.6) is 0 Å². The van der Waals surface area contributed by atoms with E-state index < -0.39 is 0 Å². The standard InChI is InChI=1S/C16H13.Gd/c1-12-15-10-6-5-9-14(15)11-16(12)13-7-3-2-4-8-13;/h2-11H,1H3;. The predicted molar refractivity (Wildman–Crippen MR) is 68.8 cm³/mol. The fourth-order valence-corrected chi connectivity index (χ4v) is 2.29. The van der Waals surface area contributed by atoms with Crippen LogP contribution in [-0.2, 0) is 0 Å². The zero-order chi connectivity index (χ0) is 11.0. The van der Waals surface area contributed by atoms with Crippen LogP contribution in [0.25, 0.3) is 11.6 Å². The second kappa shape index (κ2) is 5.43. The molecule has 0 N–H and O–H groups in total. The summed E-state index contributed by atoms with van der Waals surface area (Å²) in [5.41, 5.74) is 5.35. The molecule has 0 unspecified atom stereocenters. The molecule has 2 aromatic carbocycles. The van der Waals surface area contributed by atoms with E-state index in [-0.39, 0.29) is 39.9 Å². The predicted octanol–water partition coefficient (Wildman–Crippen LogP) is 4.18. The van der Waals surface area contributed by atoms with Gasteiger partial charge in [-0.15, -0.1) is 0 Å². The van der Waals surface area contributed by atoms with E-state index in [0.29, 0.717) is 0 Å². The average molecular weight is 363 g/mol. The van der Waals surface area contributed by atoms with Gasteiger partial charge in [0.1, 0.15) is 0 Å². The quantitative estimate of drug-likeness (QED) is 0.714. The molecule has 1 aliphatic rings. The maximum atomic E-state index is 2.28. The molecular weight excluding hydrogens is 349 g/mol. The van der Waals surface area contributed by atoms with Crippen LogP contribution >= 0.6 is 0 Å². The van der Waals surface area contributed by atoms with Gasteiger partial charge in [-0.25, -0.2) is 0 Å². The molecule has 1 radical (unpaired) electrons. The molecule has 0 heterocycles. The summed E-state index contributed by atoms with van der Waals surface area (Å²) in [7, 11) is 0. The largest absolute Gasteiger partial charge is 0.0622 e. The summed E-state index contributed by atoms with van der Waals surface area (Å²) in [6.45, 7) is 2.20. The third-order valence-corrected chi connectivity index (χ3v) is 3.15. The second-order valence-corrected chi connectivity index (χ2v) is 4.14. The van der Waals surface area contributed by atoms with Gasteiger partial charge < -0.3 is 0 Å². The molecule has 85 valence electrons. The maximum Gasteiger partial charge on any atom is 0.0321 e. The van der Waals surface area contributed by atoms with Crippen molar-refractivity contribution in [3.8, 4) is 0 Å². The van der Waals surface area contributed by atoms with Crippen LogP contribution < -0.4 is 0 Å². The molecule has 0 saturated carbocycles. The molecular formula is C16H13Gd. The van der Waals surface area contributed by atoms with Gasteiger partial charge in [-0.05, 0) is 28.3 Å². The summed E-state index contributed by atoms with van der Waals surface area (Å²) in [6, 6.07) is 19.1. The molecule has 17 heavy (non-hydrogen) atoms. The second-order valence-electron chi connectivity index (χ2n) is 4.14. The van der Waals surface area contributed by atoms with Gasteiger partial charge >= 0.3 is 0 Å². The molecule has 0 spiro atoms. The summed E-state index contributed by atoms with van der Waals surface area (Å²) < 4.78 is 0. The molecule has 0 aliphatic heterocycles. The van der Waals surface area contributed by atoms with Crippen molar-refractivity contribution in [1.82, 2.24) is 0 Å². The minimum Gasteiger partial charge on any atom is -0.0622 e. The third-order valence-electron chi connectivity index (χ3n) is 3.15. The van der Waals surface area contributed by atoms with Gasteiger partial charge in [-0.2, -0.15) is 0 Å². The first-order chi connectivity index (χ1) is 7.86. The van der Waals surface area contributed by atoms with Gasteiger partial charge in [0.2, 0.25) is 0 Å². The summed E-state index contributed by atoms with van der Waals surface area (Å²) in [4.78, 5) is 0. The van der Waals surface area contributed by atoms with Crippen LogP contribution in [0.1, 0.15) is 23.6 Å². The van der Waals surface area contributed by atoms with Gasteiger partial charge in [-0.1, -0.05) is 61.5 Å². The summed E-state index contributed by atoms with van der Waals surface area (Å²) in [6.07, 6.45) is 2.28. The van der Waals surface area contributed by atoms with Crippen LogP contribution in [-0.4, -0.2) is 0 Å². The minimum atomic E-state index is 0. The van der Waals surface area contributed by atoms with E-state index in [0.717, 1.165) is 0 Å². The zero-order valence-corrected chi connectivity index (χ0v) is 11.9. The summed E-state index contributed by atoms with van der Waals surface area (Å²) >= 11 is 0. The van der Waals surface area contributed by atoms with E-state index in [1.165, 1.54) is 28.2 Å². The Morgan fingerprint density at radius 3 is 2.12 bits per heavy atom. The number of hydrogen-bond acceptors (Lipinski definition) is 0. The molecule has 0 nitrogen and oxygen atoms in total. The van der Waals surface area contributed by atoms with Crippen LogP contribution in [0.15, 0.2) is 54.6 Å². The van der Waals surface area contributed by atoms with Crippen molar-refractivity contribution < 1.29 is 39.9 Å². The van der Waals surface area contributed by atoms with Gasteiger partial charge in [-0.3, -0.25) is 0 Å². The monoisotopic (exact) mass is 363 g/mol. The average Bonchev–Trinajstić information content (AvgIpc) is 2.69. The van der Waals surface area contributed by atoms with Gasteiger partial charge in [0, 0.05) is 45.9 Å². The van der Waals surface area contributed by atoms with E-state index in [1.807, 2.05) is 0 Å². The van der Waals surface area contributed by atoms with Crippen molar-refractivity contribution in [2.24, 2.45) is 0 Å². The Kier molecular flexibility index (Phi) is 4.14. The van der Waals surface area contributed by atoms with Crippen molar-refractivity contribution in [1.29, 1.82) is 0 Å². The van der Waals surface area contributed by atoms with Gasteiger partial charge in [0.25, 0.3) is 0 Å². The Morgan fingerprint density at radius 2 is 1.41 bits per heavy atom. The molecule has 0 amide bonds. The number of hydrogen-bond donors (Lipinski definition) is 0. The Morgan fingerprint density at radius 1 is 0.765 bits per heavy atom.